The summed E-state index contributed by atoms with van der Waals surface area (Å²) < 4.78 is 0. The van der Waals surface area contributed by atoms with Crippen LogP contribution in [0, 0.1) is 17.2 Å². The van der Waals surface area contributed by atoms with Gasteiger partial charge in [0.1, 0.15) is 0 Å². The van der Waals surface area contributed by atoms with Crippen molar-refractivity contribution in [2.45, 2.75) is 51.1 Å². The number of hydrogen-bond acceptors (Lipinski definition) is 4. The second kappa shape index (κ2) is 10.7. The van der Waals surface area contributed by atoms with E-state index in [-0.39, 0.29) is 18.0 Å². The molecule has 0 spiro atoms. The second-order valence-electron chi connectivity index (χ2n) is 9.27. The summed E-state index contributed by atoms with van der Waals surface area (Å²) >= 11 is 0. The molecule has 1 unspecified atom stereocenters. The van der Waals surface area contributed by atoms with E-state index in [1.165, 1.54) is 5.56 Å². The largest absolute Gasteiger partial charge is 0.371 e. The summed E-state index contributed by atoms with van der Waals surface area (Å²) in [7, 11) is 0. The highest BCUT2D eigenvalue weighted by atomic mass is 16.2. The Morgan fingerprint density at radius 3 is 2.28 bits per heavy atom. The number of hydrogen-bond donors (Lipinski definition) is 1. The highest BCUT2D eigenvalue weighted by Crippen LogP contribution is 2.24. The quantitative estimate of drug-likeness (QED) is 0.753. The first-order chi connectivity index (χ1) is 15.6. The number of nitrogens with one attached hydrogen (secondary N) is 1. The first-order valence-corrected chi connectivity index (χ1v) is 12.0. The molecular weight excluding hydrogens is 396 g/mol. The van der Waals surface area contributed by atoms with E-state index in [9.17, 15) is 4.79 Å². The fourth-order valence-corrected chi connectivity index (χ4v) is 5.01. The van der Waals surface area contributed by atoms with Gasteiger partial charge in [0.25, 0.3) is 0 Å². The molecule has 0 aliphatic carbocycles. The van der Waals surface area contributed by atoms with E-state index >= 15 is 0 Å². The highest BCUT2D eigenvalue weighted by Gasteiger charge is 2.29. The third-order valence-electron chi connectivity index (χ3n) is 7.15. The van der Waals surface area contributed by atoms with E-state index in [4.69, 9.17) is 5.26 Å². The van der Waals surface area contributed by atoms with E-state index in [1.807, 2.05) is 24.3 Å². The molecule has 0 bridgehead atoms. The number of carbonyl (C=O) groups excluding carboxylic acids is 1. The number of benzene rings is 2. The van der Waals surface area contributed by atoms with Crippen LogP contribution in [0.1, 0.15) is 43.7 Å². The number of likely N-dealkylation sites (tertiary alicyclic amines) is 1. The number of carbonyl (C=O) groups is 1. The standard InChI is InChI=1S/C27H34N4O/c1-21(30-15-11-23(12-16-30)19-22-5-3-2-4-6-22)27(32)29-25-13-17-31(18-14-25)26-9-7-24(20-28)8-10-26/h2-10,21,23,25H,11-19H2,1H3,(H,29,32). The summed E-state index contributed by atoms with van der Waals surface area (Å²) in [5, 5.41) is 12.3. The Balaban J connectivity index is 1.19. The Bertz CT molecular complexity index is 905. The van der Waals surface area contributed by atoms with Crippen molar-refractivity contribution in [2.24, 2.45) is 5.92 Å². The van der Waals surface area contributed by atoms with Gasteiger partial charge in [-0.3, -0.25) is 9.69 Å². The van der Waals surface area contributed by atoms with Crippen LogP contribution in [-0.4, -0.2) is 49.1 Å². The third kappa shape index (κ3) is 5.69. The number of piperidine rings is 2. The lowest BCUT2D eigenvalue weighted by atomic mass is 9.89. The van der Waals surface area contributed by atoms with Gasteiger partial charge in [0, 0.05) is 24.8 Å². The molecule has 1 N–H and O–H groups in total. The molecule has 2 aromatic rings. The second-order valence-corrected chi connectivity index (χ2v) is 9.27. The molecule has 5 heteroatoms. The third-order valence-corrected chi connectivity index (χ3v) is 7.15. The number of nitrogens with zero attached hydrogens (tertiary/aromatic N) is 3. The zero-order valence-corrected chi connectivity index (χ0v) is 19.0. The van der Waals surface area contributed by atoms with Gasteiger partial charge in [0.2, 0.25) is 5.91 Å². The molecule has 0 radical (unpaired) electrons. The van der Waals surface area contributed by atoms with Gasteiger partial charge in [0.05, 0.1) is 17.7 Å². The van der Waals surface area contributed by atoms with Gasteiger partial charge >= 0.3 is 0 Å². The van der Waals surface area contributed by atoms with Gasteiger partial charge in [-0.25, -0.2) is 0 Å². The fourth-order valence-electron chi connectivity index (χ4n) is 5.01. The molecule has 5 nitrogen and oxygen atoms in total. The van der Waals surface area contributed by atoms with E-state index in [0.717, 1.165) is 69.9 Å². The van der Waals surface area contributed by atoms with Gasteiger partial charge in [-0.05, 0) is 87.9 Å². The molecule has 2 heterocycles. The van der Waals surface area contributed by atoms with E-state index in [1.54, 1.807) is 0 Å². The van der Waals surface area contributed by atoms with E-state index < -0.39 is 0 Å². The minimum absolute atomic E-state index is 0.0655. The lowest BCUT2D eigenvalue weighted by Gasteiger charge is -2.37. The Labute approximate surface area is 192 Å². The zero-order valence-electron chi connectivity index (χ0n) is 19.0. The van der Waals surface area contributed by atoms with Crippen molar-refractivity contribution in [2.75, 3.05) is 31.1 Å². The van der Waals surface area contributed by atoms with E-state index in [0.29, 0.717) is 5.56 Å². The zero-order chi connectivity index (χ0) is 22.3. The lowest BCUT2D eigenvalue weighted by molar-refractivity contribution is -0.127. The average Bonchev–Trinajstić information content (AvgIpc) is 2.85. The van der Waals surface area contributed by atoms with Crippen LogP contribution in [0.4, 0.5) is 5.69 Å². The molecule has 168 valence electrons. The van der Waals surface area contributed by atoms with Crippen LogP contribution < -0.4 is 10.2 Å². The summed E-state index contributed by atoms with van der Waals surface area (Å²) in [6, 6.07) is 20.9. The normalized spacial score (nSPS) is 19.3. The topological polar surface area (TPSA) is 59.4 Å². The van der Waals surface area contributed by atoms with Gasteiger partial charge in [-0.2, -0.15) is 5.26 Å². The monoisotopic (exact) mass is 430 g/mol. The van der Waals surface area contributed by atoms with Crippen molar-refractivity contribution in [1.82, 2.24) is 10.2 Å². The molecular formula is C27H34N4O. The van der Waals surface area contributed by atoms with Gasteiger partial charge in [0.15, 0.2) is 0 Å². The Hall–Kier alpha value is -2.84. The molecule has 2 fully saturated rings. The van der Waals surface area contributed by atoms with Gasteiger partial charge in [-0.1, -0.05) is 30.3 Å². The number of rotatable bonds is 6. The molecule has 32 heavy (non-hydrogen) atoms. The predicted molar refractivity (Wildman–Crippen MR) is 128 cm³/mol. The minimum atomic E-state index is -0.0655. The predicted octanol–water partition coefficient (Wildman–Crippen LogP) is 3.99. The molecule has 4 rings (SSSR count). The molecule has 1 atom stereocenters. The van der Waals surface area contributed by atoms with Crippen molar-refractivity contribution in [1.29, 1.82) is 5.26 Å². The Kier molecular flexibility index (Phi) is 7.44. The molecule has 2 aromatic carbocycles. The number of anilines is 1. The Morgan fingerprint density at radius 1 is 1.00 bits per heavy atom. The smallest absolute Gasteiger partial charge is 0.237 e. The van der Waals surface area contributed by atoms with Crippen LogP contribution in [0.25, 0.3) is 0 Å². The van der Waals surface area contributed by atoms with Crippen LogP contribution in [-0.2, 0) is 11.2 Å². The Morgan fingerprint density at radius 2 is 1.66 bits per heavy atom. The minimum Gasteiger partial charge on any atom is -0.371 e. The number of amides is 1. The molecule has 2 aliphatic heterocycles. The maximum absolute atomic E-state index is 12.9. The first kappa shape index (κ1) is 22.4. The van der Waals surface area contributed by atoms with Crippen molar-refractivity contribution < 1.29 is 4.79 Å². The highest BCUT2D eigenvalue weighted by molar-refractivity contribution is 5.81. The summed E-state index contributed by atoms with van der Waals surface area (Å²) in [4.78, 5) is 17.6. The fraction of sp³-hybridized carbons (Fsp3) is 0.481. The van der Waals surface area contributed by atoms with Crippen molar-refractivity contribution in [3.05, 3.63) is 65.7 Å². The summed E-state index contributed by atoms with van der Waals surface area (Å²) in [6.07, 6.45) is 5.38. The van der Waals surface area contributed by atoms with Crippen molar-refractivity contribution in [3.8, 4) is 6.07 Å². The molecule has 2 aliphatic rings. The summed E-state index contributed by atoms with van der Waals surface area (Å²) in [5.41, 5.74) is 3.26. The first-order valence-electron chi connectivity index (χ1n) is 12.0. The molecule has 0 aromatic heterocycles. The van der Waals surface area contributed by atoms with Crippen LogP contribution in [0.5, 0.6) is 0 Å². The lowest BCUT2D eigenvalue weighted by Crippen LogP contribution is -2.52. The maximum atomic E-state index is 12.9. The molecule has 0 saturated carbocycles. The van der Waals surface area contributed by atoms with Crippen LogP contribution in [0.2, 0.25) is 0 Å². The van der Waals surface area contributed by atoms with Crippen molar-refractivity contribution >= 4 is 11.6 Å². The molecule has 1 amide bonds. The van der Waals surface area contributed by atoms with Crippen LogP contribution >= 0.6 is 0 Å². The summed E-state index contributed by atoms with van der Waals surface area (Å²) in [5.74, 6) is 0.888. The van der Waals surface area contributed by atoms with Crippen molar-refractivity contribution in [3.63, 3.8) is 0 Å². The van der Waals surface area contributed by atoms with Crippen LogP contribution in [0.15, 0.2) is 54.6 Å². The maximum Gasteiger partial charge on any atom is 0.237 e. The SMILES string of the molecule is CC(C(=O)NC1CCN(c2ccc(C#N)cc2)CC1)N1CCC(Cc2ccccc2)CC1. The van der Waals surface area contributed by atoms with Gasteiger partial charge < -0.3 is 10.2 Å². The van der Waals surface area contributed by atoms with Gasteiger partial charge in [-0.15, -0.1) is 0 Å². The average molecular weight is 431 g/mol. The number of nitriles is 1. The summed E-state index contributed by atoms with van der Waals surface area (Å²) in [6.45, 7) is 5.91. The van der Waals surface area contributed by atoms with Crippen LogP contribution in [0.3, 0.4) is 0 Å². The van der Waals surface area contributed by atoms with E-state index in [2.05, 4.69) is 58.4 Å². The molecule has 2 saturated heterocycles.